The second-order valence-corrected chi connectivity index (χ2v) is 37.8. The second-order valence-electron chi connectivity index (χ2n) is 37.4. The molecule has 0 unspecified atom stereocenters. The van der Waals surface area contributed by atoms with Crippen molar-refractivity contribution in [1.29, 1.82) is 0 Å². The van der Waals surface area contributed by atoms with E-state index in [9.17, 15) is 32.8 Å². The fourth-order valence-corrected chi connectivity index (χ4v) is 18.0. The molecule has 6 aliphatic heterocycles. The van der Waals surface area contributed by atoms with Gasteiger partial charge in [0.1, 0.15) is 53.2 Å². The van der Waals surface area contributed by atoms with E-state index in [0.717, 1.165) is 136 Å². The van der Waals surface area contributed by atoms with Gasteiger partial charge >= 0.3 is 0 Å². The number of nitrogens with one attached hydrogen (secondary N) is 5. The van der Waals surface area contributed by atoms with Crippen LogP contribution in [-0.2, 0) is 30.4 Å². The molecule has 5 amide bonds. The number of allylic oxidation sites excluding steroid dienone is 5. The van der Waals surface area contributed by atoms with E-state index < -0.39 is 23.4 Å². The van der Waals surface area contributed by atoms with Gasteiger partial charge in [-0.15, -0.1) is 0 Å². The van der Waals surface area contributed by atoms with Crippen LogP contribution >= 0.6 is 11.6 Å². The fraction of sp³-hybridized carbons (Fsp3) is 0.181. The van der Waals surface area contributed by atoms with Crippen molar-refractivity contribution in [3.05, 3.63) is 521 Å². The average Bonchev–Trinajstić information content (AvgIpc) is 1.69. The van der Waals surface area contributed by atoms with Gasteiger partial charge in [0.05, 0.1) is 47.1 Å². The van der Waals surface area contributed by atoms with E-state index in [1.165, 1.54) is 87.2 Å². The largest absolute Gasteiger partial charge is 0.492 e. The van der Waals surface area contributed by atoms with Crippen molar-refractivity contribution in [1.82, 2.24) is 31.5 Å². The Morgan fingerprint density at radius 3 is 0.899 bits per heavy atom. The average molecular weight is 1980 g/mol. The molecule has 21 heteroatoms. The molecule has 0 radical (unpaired) electrons. The maximum Gasteiger partial charge on any atom is 0.259 e. The van der Waals surface area contributed by atoms with E-state index in [2.05, 4.69) is 179 Å². The Labute approximate surface area is 868 Å². The van der Waals surface area contributed by atoms with E-state index in [1.807, 2.05) is 201 Å². The third-order valence-electron chi connectivity index (χ3n) is 26.1. The lowest BCUT2D eigenvalue weighted by Gasteiger charge is -2.26. The molecule has 2 fully saturated rings. The van der Waals surface area contributed by atoms with Crippen molar-refractivity contribution in [2.75, 3.05) is 39.5 Å². The Morgan fingerprint density at radius 2 is 0.581 bits per heavy atom. The van der Waals surface area contributed by atoms with Gasteiger partial charge in [0.25, 0.3) is 29.5 Å². The zero-order valence-electron chi connectivity index (χ0n) is 83.3. The van der Waals surface area contributed by atoms with Crippen LogP contribution in [0.3, 0.4) is 0 Å². The molecule has 1 saturated carbocycles. The monoisotopic (exact) mass is 1980 g/mol. The molecule has 18 nitrogen and oxygen atoms in total. The Hall–Kier alpha value is -16.7. The zero-order valence-corrected chi connectivity index (χ0v) is 84.0. The molecule has 0 bridgehead atoms. The maximum atomic E-state index is 14.1. The summed E-state index contributed by atoms with van der Waals surface area (Å²) < 4.78 is 39.3. The molecule has 1 saturated heterocycles. The van der Waals surface area contributed by atoms with Crippen molar-refractivity contribution in [3.8, 4) is 5.75 Å². The number of hydrogen-bond donors (Lipinski definition) is 5. The van der Waals surface area contributed by atoms with Gasteiger partial charge in [0, 0.05) is 105 Å². The van der Waals surface area contributed by atoms with Crippen molar-refractivity contribution in [3.63, 3.8) is 0 Å². The molecule has 21 rings (SSSR count). The normalized spacial score (nSPS) is 14.6. The molecule has 0 atom stereocenters. The van der Waals surface area contributed by atoms with E-state index in [-0.39, 0.29) is 28.8 Å². The fourth-order valence-electron chi connectivity index (χ4n) is 17.9. The van der Waals surface area contributed by atoms with Gasteiger partial charge in [-0.3, -0.25) is 28.9 Å². The third-order valence-corrected chi connectivity index (χ3v) is 26.4. The first-order valence-electron chi connectivity index (χ1n) is 50.1. The van der Waals surface area contributed by atoms with Crippen LogP contribution < -0.4 is 31.3 Å². The summed E-state index contributed by atoms with van der Waals surface area (Å²) in [5.74, 6) is 2.31. The van der Waals surface area contributed by atoms with Gasteiger partial charge in [-0.2, -0.15) is 0 Å². The number of amidine groups is 5. The number of aliphatic imine (C=N–C) groups is 5. The summed E-state index contributed by atoms with van der Waals surface area (Å²) in [6.45, 7) is 13.2. The van der Waals surface area contributed by atoms with Crippen LogP contribution in [0.4, 0.5) is 8.78 Å². The van der Waals surface area contributed by atoms with Crippen molar-refractivity contribution in [2.45, 2.75) is 105 Å². The number of ether oxygens (including phenoxy) is 2. The lowest BCUT2D eigenvalue weighted by Crippen LogP contribution is -2.38. The van der Waals surface area contributed by atoms with Crippen molar-refractivity contribution >= 4 is 98.2 Å². The number of aryl methyl sites for hydroxylation is 4. The number of carbonyl (C=O) groups is 5. The summed E-state index contributed by atoms with van der Waals surface area (Å²) in [4.78, 5) is 89.0. The number of morpholine rings is 1. The van der Waals surface area contributed by atoms with Gasteiger partial charge in [-0.1, -0.05) is 325 Å². The first-order valence-corrected chi connectivity index (χ1v) is 50.5. The highest BCUT2D eigenvalue weighted by atomic mass is 35.5. The Morgan fingerprint density at radius 1 is 0.318 bits per heavy atom. The highest BCUT2D eigenvalue weighted by Gasteiger charge is 2.32. The van der Waals surface area contributed by atoms with Crippen LogP contribution in [0.15, 0.2) is 430 Å². The molecule has 7 aliphatic rings. The SMILES string of the molecule is Cc1ccc(C(=O)NC2=NC(Cc3ccccc3)=C(c3ccc(C)cc3)C2)cc1.Cc1ccc(C2=C(CC3CC3)N=C(NC(=O)c3ccccc3F)C2)cc1.Cc1ccc(C2=C(Cc3ccccc3)N=C(NC(=O)c3ccccc3)C2)cc1.O=C(NC1=NC(Cc2ccccc2)=C(c2ccc(Cl)cc2)C1)c1ccccc1.O=C(NC1=NC(Cc2ccccc2)=C(c2ccc(OCCN3CCOCC3)cc2)C1)c1ccccc1F. The highest BCUT2D eigenvalue weighted by molar-refractivity contribution is 6.30. The van der Waals surface area contributed by atoms with Crippen LogP contribution in [0, 0.1) is 45.2 Å². The Balaban J connectivity index is 0.000000127. The Kier molecular flexibility index (Phi) is 35.2. The van der Waals surface area contributed by atoms with Gasteiger partial charge in [-0.05, 0) is 216 Å². The molecule has 0 aromatic heterocycles. The van der Waals surface area contributed by atoms with E-state index in [1.54, 1.807) is 36.4 Å². The molecule has 5 N–H and O–H groups in total. The smallest absolute Gasteiger partial charge is 0.259 e. The van der Waals surface area contributed by atoms with Gasteiger partial charge in [-0.25, -0.2) is 33.7 Å². The molecule has 0 spiro atoms. The standard InChI is InChI=1S/C30H30FN3O3.C26H24N2O.C25H22N2O.C24H19ClN2O.C22H21FN2O/c31-27-9-5-4-8-25(27)30(35)33-29-21-26(28(32-29)20-22-6-2-1-3-7-22)23-10-12-24(13-11-23)37-19-16-34-14-17-36-18-15-34;1-18-8-12-21(13-9-18)23-17-25(27-24(23)16-20-6-4-3-5-7-20)28-26(29)22-14-10-19(2)11-15-22;1-18-12-14-20(15-13-18)22-17-24(27-25(28)21-10-6-3-7-11-21)26-23(22)16-19-8-4-2-5-9-19;25-20-13-11-18(12-14-20)21-16-23(27-24(28)19-9-5-2-6-10-19)26-22(21)15-17-7-3-1-4-8-17;1-14-6-10-16(11-7-14)18-13-21(24-20(18)12-15-8-9-15)25-22(26)17-4-2-3-5-19(17)23/h1-13H,14-21H2,(H,32,33,35);3-15H,16-17H2,1-2H3,(H,27,28,29);2-15H,16-17H2,1H3,(H,26,27,28);1-14H,15-16H2,(H,26,27,28);2-7,10-11,15H,8-9,12-13H2,1H3,(H,24,25,26). The Bertz CT molecular complexity index is 7220. The number of hydrogen-bond acceptors (Lipinski definition) is 13. The minimum absolute atomic E-state index is 0.00170. The van der Waals surface area contributed by atoms with Crippen LogP contribution in [-0.4, -0.2) is 103 Å². The summed E-state index contributed by atoms with van der Waals surface area (Å²) >= 11 is 6.05. The van der Waals surface area contributed by atoms with Gasteiger partial charge in [0.2, 0.25) is 0 Å². The molecule has 148 heavy (non-hydrogen) atoms. The number of amides is 5. The topological polar surface area (TPSA) is 229 Å². The minimum Gasteiger partial charge on any atom is -0.492 e. The minimum atomic E-state index is -0.555. The molecule has 14 aromatic rings. The summed E-state index contributed by atoms with van der Waals surface area (Å²) in [6.07, 6.45) is 9.15. The lowest BCUT2D eigenvalue weighted by atomic mass is 9.98. The summed E-state index contributed by atoms with van der Waals surface area (Å²) in [5, 5.41) is 15.3. The predicted molar refractivity (Wildman–Crippen MR) is 591 cm³/mol. The number of carbonyl (C=O) groups excluding carboxylic acids is 5. The maximum absolute atomic E-state index is 14.1. The molecular weight excluding hydrogens is 1860 g/mol. The van der Waals surface area contributed by atoms with E-state index >= 15 is 0 Å². The van der Waals surface area contributed by atoms with Crippen molar-refractivity contribution in [2.24, 2.45) is 30.9 Å². The highest BCUT2D eigenvalue weighted by Crippen LogP contribution is 2.42. The zero-order chi connectivity index (χ0) is 102. The van der Waals surface area contributed by atoms with E-state index in [4.69, 9.17) is 41.0 Å². The third kappa shape index (κ3) is 29.2. The predicted octanol–water partition coefficient (Wildman–Crippen LogP) is 25.8. The van der Waals surface area contributed by atoms with Crippen LogP contribution in [0.2, 0.25) is 5.02 Å². The number of nitrogens with zero attached hydrogens (tertiary/aromatic N) is 6. The molecule has 1 aliphatic carbocycles. The molecule has 14 aromatic carbocycles. The summed E-state index contributed by atoms with van der Waals surface area (Å²) in [7, 11) is 0. The second kappa shape index (κ2) is 50.7. The van der Waals surface area contributed by atoms with Gasteiger partial charge in [0.15, 0.2) is 0 Å². The van der Waals surface area contributed by atoms with Crippen molar-refractivity contribution < 1.29 is 42.2 Å². The van der Waals surface area contributed by atoms with E-state index in [0.29, 0.717) is 108 Å². The summed E-state index contributed by atoms with van der Waals surface area (Å²) in [5.41, 5.74) is 27.6. The molecule has 6 heterocycles. The first-order chi connectivity index (χ1) is 72.2. The molecular formula is C127H116ClF2N11O7. The number of benzene rings is 14. The molecule has 742 valence electrons. The number of rotatable bonds is 24. The number of halogens is 3. The quantitative estimate of drug-likeness (QED) is 0.0390. The van der Waals surface area contributed by atoms with Gasteiger partial charge < -0.3 is 36.1 Å². The summed E-state index contributed by atoms with van der Waals surface area (Å²) in [6, 6.07) is 120. The van der Waals surface area contributed by atoms with Crippen LogP contribution in [0.1, 0.15) is 175 Å². The lowest BCUT2D eigenvalue weighted by molar-refractivity contribution is 0.0322. The van der Waals surface area contributed by atoms with Crippen LogP contribution in [0.5, 0.6) is 5.75 Å². The van der Waals surface area contributed by atoms with Crippen LogP contribution in [0.25, 0.3) is 27.9 Å². The first kappa shape index (κ1) is 103.